The number of rotatable bonds is 10. The molecule has 0 fully saturated rings. The van der Waals surface area contributed by atoms with Gasteiger partial charge in [0, 0.05) is 52.0 Å². The zero-order valence-corrected chi connectivity index (χ0v) is 19.9. The van der Waals surface area contributed by atoms with E-state index in [4.69, 9.17) is 9.15 Å². The minimum absolute atomic E-state index is 0.451. The molecule has 6 heteroatoms. The molecule has 6 nitrogen and oxygen atoms in total. The van der Waals surface area contributed by atoms with Crippen molar-refractivity contribution in [1.82, 2.24) is 15.5 Å². The van der Waals surface area contributed by atoms with E-state index in [9.17, 15) is 0 Å². The highest BCUT2D eigenvalue weighted by molar-refractivity contribution is 5.58. The molecule has 0 aliphatic heterocycles. The molecule has 0 amide bonds. The Balaban J connectivity index is 1.66. The molecule has 1 aromatic carbocycles. The molecular weight excluding hydrogens is 388 g/mol. The molecule has 2 aromatic rings. The number of aromatic nitrogens is 2. The monoisotopic (exact) mass is 426 g/mol. The van der Waals surface area contributed by atoms with Gasteiger partial charge in [-0.1, -0.05) is 25.5 Å². The van der Waals surface area contributed by atoms with E-state index >= 15 is 0 Å². The standard InChI is InChI=1S/C25H38N4O2/c1-17(2)23-14-20(18(3)13-21(23)16-26-11-12-30-6)15-24-27-28-25(31-24)19-7-9-22(10-8-19)29(4)5/h7-10,13,17,20-21,23,26H,11-12,14-16H2,1-6H3. The SMILES string of the molecule is COCCNCC1C=C(C)C(Cc2nnc(-c3ccc(N(C)C)cc3)o2)CC1C(C)C. The maximum Gasteiger partial charge on any atom is 0.247 e. The second-order valence-electron chi connectivity index (χ2n) is 9.26. The van der Waals surface area contributed by atoms with E-state index in [1.54, 1.807) is 7.11 Å². The van der Waals surface area contributed by atoms with Crippen molar-refractivity contribution in [2.45, 2.75) is 33.6 Å². The topological polar surface area (TPSA) is 63.4 Å². The second kappa shape index (κ2) is 10.9. The molecule has 3 rings (SSSR count). The minimum atomic E-state index is 0.451. The summed E-state index contributed by atoms with van der Waals surface area (Å²) >= 11 is 0. The van der Waals surface area contributed by atoms with Crippen LogP contribution in [0, 0.1) is 23.7 Å². The van der Waals surface area contributed by atoms with Gasteiger partial charge in [-0.15, -0.1) is 10.2 Å². The average Bonchev–Trinajstić information content (AvgIpc) is 3.21. The molecule has 3 unspecified atom stereocenters. The molecule has 0 spiro atoms. The summed E-state index contributed by atoms with van der Waals surface area (Å²) in [6, 6.07) is 8.21. The molecular formula is C25H38N4O2. The Morgan fingerprint density at radius 3 is 2.58 bits per heavy atom. The van der Waals surface area contributed by atoms with Gasteiger partial charge in [0.2, 0.25) is 11.8 Å². The Morgan fingerprint density at radius 1 is 1.19 bits per heavy atom. The molecule has 1 heterocycles. The van der Waals surface area contributed by atoms with E-state index in [2.05, 4.69) is 59.4 Å². The second-order valence-corrected chi connectivity index (χ2v) is 9.26. The third kappa shape index (κ3) is 6.17. The van der Waals surface area contributed by atoms with Crippen LogP contribution in [0.15, 0.2) is 40.3 Å². The summed E-state index contributed by atoms with van der Waals surface area (Å²) in [5.41, 5.74) is 3.55. The van der Waals surface area contributed by atoms with Crippen LogP contribution in [0.5, 0.6) is 0 Å². The van der Waals surface area contributed by atoms with E-state index in [0.717, 1.165) is 49.7 Å². The fourth-order valence-corrected chi connectivity index (χ4v) is 4.52. The zero-order chi connectivity index (χ0) is 22.4. The van der Waals surface area contributed by atoms with Crippen LogP contribution < -0.4 is 10.2 Å². The predicted molar refractivity (Wildman–Crippen MR) is 126 cm³/mol. The lowest BCUT2D eigenvalue weighted by Gasteiger charge is -2.37. The lowest BCUT2D eigenvalue weighted by molar-refractivity contribution is 0.188. The van der Waals surface area contributed by atoms with Crippen molar-refractivity contribution >= 4 is 5.69 Å². The summed E-state index contributed by atoms with van der Waals surface area (Å²) in [5.74, 6) is 3.61. The van der Waals surface area contributed by atoms with Gasteiger partial charge in [-0.2, -0.15) is 0 Å². The average molecular weight is 427 g/mol. The molecule has 0 bridgehead atoms. The lowest BCUT2D eigenvalue weighted by Crippen LogP contribution is -2.35. The first-order valence-corrected chi connectivity index (χ1v) is 11.4. The number of nitrogens with zero attached hydrogens (tertiary/aromatic N) is 3. The van der Waals surface area contributed by atoms with Crippen molar-refractivity contribution in [3.63, 3.8) is 0 Å². The number of methoxy groups -OCH3 is 1. The van der Waals surface area contributed by atoms with Crippen LogP contribution in [0.25, 0.3) is 11.5 Å². The highest BCUT2D eigenvalue weighted by Gasteiger charge is 2.32. The van der Waals surface area contributed by atoms with Crippen LogP contribution in [0.1, 0.15) is 33.1 Å². The fourth-order valence-electron chi connectivity index (χ4n) is 4.52. The Bertz CT molecular complexity index is 841. The van der Waals surface area contributed by atoms with Crippen molar-refractivity contribution in [3.05, 3.63) is 41.8 Å². The Labute approximate surface area is 187 Å². The van der Waals surface area contributed by atoms with Crippen LogP contribution in [-0.4, -0.2) is 51.1 Å². The van der Waals surface area contributed by atoms with Crippen molar-refractivity contribution in [2.24, 2.45) is 23.7 Å². The van der Waals surface area contributed by atoms with Crippen molar-refractivity contribution < 1.29 is 9.15 Å². The van der Waals surface area contributed by atoms with Gasteiger partial charge in [-0.3, -0.25) is 0 Å². The third-order valence-corrected chi connectivity index (χ3v) is 6.47. The van der Waals surface area contributed by atoms with E-state index in [1.807, 2.05) is 26.2 Å². The number of benzene rings is 1. The summed E-state index contributed by atoms with van der Waals surface area (Å²) < 4.78 is 11.2. The van der Waals surface area contributed by atoms with E-state index in [0.29, 0.717) is 29.6 Å². The van der Waals surface area contributed by atoms with Gasteiger partial charge >= 0.3 is 0 Å². The molecule has 1 N–H and O–H groups in total. The van der Waals surface area contributed by atoms with Crippen LogP contribution in [0.3, 0.4) is 0 Å². The van der Waals surface area contributed by atoms with Crippen LogP contribution >= 0.6 is 0 Å². The summed E-state index contributed by atoms with van der Waals surface area (Å²) in [6.07, 6.45) is 4.43. The number of allylic oxidation sites excluding steroid dienone is 1. The van der Waals surface area contributed by atoms with E-state index < -0.39 is 0 Å². The first kappa shape index (κ1) is 23.5. The highest BCUT2D eigenvalue weighted by Crippen LogP contribution is 2.38. The summed E-state index contributed by atoms with van der Waals surface area (Å²) in [5, 5.41) is 12.2. The van der Waals surface area contributed by atoms with Gasteiger partial charge in [0.05, 0.1) is 6.61 Å². The summed E-state index contributed by atoms with van der Waals surface area (Å²) in [6.45, 7) is 9.57. The van der Waals surface area contributed by atoms with E-state index in [-0.39, 0.29) is 0 Å². The fraction of sp³-hybridized carbons (Fsp3) is 0.600. The predicted octanol–water partition coefficient (Wildman–Crippen LogP) is 4.44. The summed E-state index contributed by atoms with van der Waals surface area (Å²) in [7, 11) is 5.81. The summed E-state index contributed by atoms with van der Waals surface area (Å²) in [4.78, 5) is 2.08. The first-order valence-electron chi connectivity index (χ1n) is 11.4. The maximum atomic E-state index is 6.05. The molecule has 3 atom stereocenters. The molecule has 0 saturated heterocycles. The highest BCUT2D eigenvalue weighted by atomic mass is 16.5. The number of nitrogens with one attached hydrogen (secondary N) is 1. The van der Waals surface area contributed by atoms with Crippen LogP contribution in [-0.2, 0) is 11.2 Å². The van der Waals surface area contributed by atoms with Crippen LogP contribution in [0.2, 0.25) is 0 Å². The zero-order valence-electron chi connectivity index (χ0n) is 19.9. The molecule has 1 aromatic heterocycles. The van der Waals surface area contributed by atoms with Gasteiger partial charge in [0.1, 0.15) is 0 Å². The maximum absolute atomic E-state index is 6.05. The number of hydrogen-bond donors (Lipinski definition) is 1. The normalized spacial score (nSPS) is 21.4. The van der Waals surface area contributed by atoms with Gasteiger partial charge < -0.3 is 19.4 Å². The lowest BCUT2D eigenvalue weighted by atomic mass is 9.70. The molecule has 1 aliphatic rings. The Hall–Kier alpha value is -2.18. The first-order chi connectivity index (χ1) is 14.9. The largest absolute Gasteiger partial charge is 0.421 e. The number of ether oxygens (including phenoxy) is 1. The molecule has 170 valence electrons. The Kier molecular flexibility index (Phi) is 8.27. The number of hydrogen-bond acceptors (Lipinski definition) is 6. The number of anilines is 1. The van der Waals surface area contributed by atoms with Gasteiger partial charge in [-0.25, -0.2) is 0 Å². The molecule has 1 aliphatic carbocycles. The smallest absolute Gasteiger partial charge is 0.247 e. The quantitative estimate of drug-likeness (QED) is 0.448. The third-order valence-electron chi connectivity index (χ3n) is 6.47. The van der Waals surface area contributed by atoms with E-state index in [1.165, 1.54) is 5.57 Å². The van der Waals surface area contributed by atoms with Crippen molar-refractivity contribution in [2.75, 3.05) is 45.8 Å². The molecule has 31 heavy (non-hydrogen) atoms. The van der Waals surface area contributed by atoms with Gasteiger partial charge in [0.15, 0.2) is 0 Å². The van der Waals surface area contributed by atoms with Crippen LogP contribution in [0.4, 0.5) is 5.69 Å². The minimum Gasteiger partial charge on any atom is -0.421 e. The van der Waals surface area contributed by atoms with Crippen molar-refractivity contribution in [3.8, 4) is 11.5 Å². The van der Waals surface area contributed by atoms with Gasteiger partial charge in [0.25, 0.3) is 0 Å². The van der Waals surface area contributed by atoms with Gasteiger partial charge in [-0.05, 0) is 61.3 Å². The molecule has 0 saturated carbocycles. The Morgan fingerprint density at radius 2 is 1.94 bits per heavy atom. The van der Waals surface area contributed by atoms with Crippen molar-refractivity contribution in [1.29, 1.82) is 0 Å². The molecule has 0 radical (unpaired) electrons.